The van der Waals surface area contributed by atoms with Gasteiger partial charge in [0.1, 0.15) is 5.15 Å². The van der Waals surface area contributed by atoms with Crippen LogP contribution in [0.4, 0.5) is 0 Å². The lowest BCUT2D eigenvalue weighted by Crippen LogP contribution is -2.36. The lowest BCUT2D eigenvalue weighted by Gasteiger charge is -2.25. The molecule has 0 saturated carbocycles. The Morgan fingerprint density at radius 2 is 2.41 bits per heavy atom. The molecule has 94 valence electrons. The van der Waals surface area contributed by atoms with Crippen LogP contribution in [0.25, 0.3) is 0 Å². The molecule has 1 aromatic rings. The van der Waals surface area contributed by atoms with E-state index in [1.54, 1.807) is 6.20 Å². The Morgan fingerprint density at radius 3 is 3.06 bits per heavy atom. The molecular weight excluding hydrogens is 234 g/mol. The Bertz CT molecular complexity index is 369. The minimum atomic E-state index is 0.578. The number of likely N-dealkylation sites (N-methyl/N-ethyl adjacent to an activating group) is 2. The monoisotopic (exact) mass is 253 g/mol. The molecule has 0 radical (unpaired) electrons. The van der Waals surface area contributed by atoms with Crippen LogP contribution in [0.5, 0.6) is 0 Å². The van der Waals surface area contributed by atoms with Gasteiger partial charge in [0.15, 0.2) is 0 Å². The van der Waals surface area contributed by atoms with Gasteiger partial charge in [-0.1, -0.05) is 11.6 Å². The maximum atomic E-state index is 5.88. The van der Waals surface area contributed by atoms with Crippen LogP contribution in [0.1, 0.15) is 18.4 Å². The number of pyridine rings is 1. The smallest absolute Gasteiger partial charge is 0.129 e. The van der Waals surface area contributed by atoms with E-state index in [1.165, 1.54) is 24.9 Å². The summed E-state index contributed by atoms with van der Waals surface area (Å²) in [6.45, 7) is 3.29. The van der Waals surface area contributed by atoms with E-state index in [9.17, 15) is 0 Å². The van der Waals surface area contributed by atoms with Crippen molar-refractivity contribution in [3.63, 3.8) is 0 Å². The van der Waals surface area contributed by atoms with Crippen LogP contribution in [0.15, 0.2) is 18.3 Å². The van der Waals surface area contributed by atoms with Crippen molar-refractivity contribution >= 4 is 11.6 Å². The first-order valence-electron chi connectivity index (χ1n) is 6.14. The van der Waals surface area contributed by atoms with E-state index in [1.807, 2.05) is 12.1 Å². The second-order valence-corrected chi connectivity index (χ2v) is 5.35. The molecule has 0 bridgehead atoms. The molecule has 1 unspecified atom stereocenters. The fourth-order valence-corrected chi connectivity index (χ4v) is 2.68. The zero-order valence-electron chi connectivity index (χ0n) is 10.6. The number of rotatable bonds is 4. The molecular formula is C13H20ClN3. The van der Waals surface area contributed by atoms with Crippen LogP contribution < -0.4 is 0 Å². The summed E-state index contributed by atoms with van der Waals surface area (Å²) >= 11 is 5.88. The van der Waals surface area contributed by atoms with Gasteiger partial charge in [-0.25, -0.2) is 4.98 Å². The average Bonchev–Trinajstić information content (AvgIpc) is 2.64. The standard InChI is InChI=1S/C13H20ClN3/c1-16(10-12-4-3-7-17(12)2)9-11-5-6-15-13(14)8-11/h5-6,8,12H,3-4,7,9-10H2,1-2H3. The molecule has 17 heavy (non-hydrogen) atoms. The molecule has 1 aliphatic heterocycles. The van der Waals surface area contributed by atoms with Gasteiger partial charge in [0.2, 0.25) is 0 Å². The van der Waals surface area contributed by atoms with Crippen molar-refractivity contribution in [2.75, 3.05) is 27.2 Å². The SMILES string of the molecule is CN(Cc1ccnc(Cl)c1)CC1CCCN1C. The highest BCUT2D eigenvalue weighted by atomic mass is 35.5. The van der Waals surface area contributed by atoms with Gasteiger partial charge in [-0.05, 0) is 51.2 Å². The first kappa shape index (κ1) is 12.8. The zero-order valence-corrected chi connectivity index (χ0v) is 11.3. The van der Waals surface area contributed by atoms with Crippen LogP contribution in [-0.4, -0.2) is 48.0 Å². The molecule has 1 atom stereocenters. The number of hydrogen-bond donors (Lipinski definition) is 0. The normalized spacial score (nSPS) is 21.3. The predicted octanol–water partition coefficient (Wildman–Crippen LogP) is 2.26. The van der Waals surface area contributed by atoms with Gasteiger partial charge in [0, 0.05) is 25.3 Å². The Balaban J connectivity index is 1.86. The maximum Gasteiger partial charge on any atom is 0.129 e. The lowest BCUT2D eigenvalue weighted by molar-refractivity contribution is 0.215. The Hall–Kier alpha value is -0.640. The van der Waals surface area contributed by atoms with Gasteiger partial charge in [-0.3, -0.25) is 0 Å². The van der Waals surface area contributed by atoms with Crippen molar-refractivity contribution in [2.24, 2.45) is 0 Å². The number of halogens is 1. The van der Waals surface area contributed by atoms with Gasteiger partial charge in [-0.15, -0.1) is 0 Å². The Labute approximate surface area is 108 Å². The summed E-state index contributed by atoms with van der Waals surface area (Å²) in [7, 11) is 4.38. The summed E-state index contributed by atoms with van der Waals surface area (Å²) in [5.41, 5.74) is 1.23. The number of hydrogen-bond acceptors (Lipinski definition) is 3. The van der Waals surface area contributed by atoms with Crippen molar-refractivity contribution in [3.05, 3.63) is 29.0 Å². The molecule has 4 heteroatoms. The van der Waals surface area contributed by atoms with E-state index in [-0.39, 0.29) is 0 Å². The van der Waals surface area contributed by atoms with Crippen molar-refractivity contribution in [3.8, 4) is 0 Å². The van der Waals surface area contributed by atoms with Crippen molar-refractivity contribution in [1.29, 1.82) is 0 Å². The van der Waals surface area contributed by atoms with E-state index < -0.39 is 0 Å². The van der Waals surface area contributed by atoms with Crippen molar-refractivity contribution < 1.29 is 0 Å². The first-order valence-corrected chi connectivity index (χ1v) is 6.52. The summed E-state index contributed by atoms with van der Waals surface area (Å²) in [6.07, 6.45) is 4.42. The van der Waals surface area contributed by atoms with Crippen LogP contribution in [-0.2, 0) is 6.54 Å². The third-order valence-corrected chi connectivity index (χ3v) is 3.64. The molecule has 0 aromatic carbocycles. The van der Waals surface area contributed by atoms with Crippen molar-refractivity contribution in [2.45, 2.75) is 25.4 Å². The van der Waals surface area contributed by atoms with Gasteiger partial charge in [0.25, 0.3) is 0 Å². The minimum Gasteiger partial charge on any atom is -0.302 e. The molecule has 0 N–H and O–H groups in total. The highest BCUT2D eigenvalue weighted by molar-refractivity contribution is 6.29. The average molecular weight is 254 g/mol. The second kappa shape index (κ2) is 5.80. The lowest BCUT2D eigenvalue weighted by atomic mass is 10.2. The molecule has 1 aliphatic rings. The highest BCUT2D eigenvalue weighted by Gasteiger charge is 2.21. The molecule has 0 spiro atoms. The van der Waals surface area contributed by atoms with Gasteiger partial charge >= 0.3 is 0 Å². The van der Waals surface area contributed by atoms with Crippen LogP contribution in [0.3, 0.4) is 0 Å². The third-order valence-electron chi connectivity index (χ3n) is 3.44. The molecule has 0 aliphatic carbocycles. The van der Waals surface area contributed by atoms with Gasteiger partial charge in [0.05, 0.1) is 0 Å². The van der Waals surface area contributed by atoms with E-state index in [0.29, 0.717) is 11.2 Å². The van der Waals surface area contributed by atoms with E-state index in [0.717, 1.165) is 13.1 Å². The maximum absolute atomic E-state index is 5.88. The summed E-state index contributed by atoms with van der Waals surface area (Å²) in [5.74, 6) is 0. The fraction of sp³-hybridized carbons (Fsp3) is 0.615. The first-order chi connectivity index (χ1) is 8.15. The summed E-state index contributed by atoms with van der Waals surface area (Å²) < 4.78 is 0. The third kappa shape index (κ3) is 3.66. The number of aromatic nitrogens is 1. The predicted molar refractivity (Wildman–Crippen MR) is 71.2 cm³/mol. The molecule has 0 amide bonds. The quantitative estimate of drug-likeness (QED) is 0.768. The van der Waals surface area contributed by atoms with Crippen LogP contribution in [0.2, 0.25) is 5.15 Å². The highest BCUT2D eigenvalue weighted by Crippen LogP contribution is 2.16. The van der Waals surface area contributed by atoms with E-state index in [4.69, 9.17) is 11.6 Å². The Morgan fingerprint density at radius 1 is 1.59 bits per heavy atom. The van der Waals surface area contributed by atoms with Crippen molar-refractivity contribution in [1.82, 2.24) is 14.8 Å². The molecule has 2 heterocycles. The Kier molecular flexibility index (Phi) is 4.37. The molecule has 1 fully saturated rings. The zero-order chi connectivity index (χ0) is 12.3. The molecule has 1 aromatic heterocycles. The molecule has 1 saturated heterocycles. The molecule has 2 rings (SSSR count). The summed E-state index contributed by atoms with van der Waals surface area (Å²) in [5, 5.41) is 0.578. The summed E-state index contributed by atoms with van der Waals surface area (Å²) in [4.78, 5) is 8.81. The number of likely N-dealkylation sites (tertiary alicyclic amines) is 1. The van der Waals surface area contributed by atoms with E-state index in [2.05, 4.69) is 28.9 Å². The van der Waals surface area contributed by atoms with Gasteiger partial charge < -0.3 is 9.80 Å². The van der Waals surface area contributed by atoms with Crippen LogP contribution in [0, 0.1) is 0 Å². The summed E-state index contributed by atoms with van der Waals surface area (Å²) in [6, 6.07) is 4.68. The van der Waals surface area contributed by atoms with E-state index >= 15 is 0 Å². The van der Waals surface area contributed by atoms with Gasteiger partial charge in [-0.2, -0.15) is 0 Å². The number of nitrogens with zero attached hydrogens (tertiary/aromatic N) is 3. The largest absolute Gasteiger partial charge is 0.302 e. The molecule has 3 nitrogen and oxygen atoms in total. The fourth-order valence-electron chi connectivity index (χ4n) is 2.49. The second-order valence-electron chi connectivity index (χ2n) is 4.96. The van der Waals surface area contributed by atoms with Crippen LogP contribution >= 0.6 is 11.6 Å². The topological polar surface area (TPSA) is 19.4 Å². The minimum absolute atomic E-state index is 0.578.